The lowest BCUT2D eigenvalue weighted by Crippen LogP contribution is -2.37. The summed E-state index contributed by atoms with van der Waals surface area (Å²) in [5.41, 5.74) is 2.35. The van der Waals surface area contributed by atoms with E-state index in [1.807, 2.05) is 0 Å². The lowest BCUT2D eigenvalue weighted by atomic mass is 10.2. The van der Waals surface area contributed by atoms with Crippen LogP contribution < -0.4 is 10.7 Å². The minimum atomic E-state index is -0.651. The fourth-order valence-corrected chi connectivity index (χ4v) is 2.18. The van der Waals surface area contributed by atoms with Gasteiger partial charge in [0.15, 0.2) is 6.61 Å². The second-order valence-electron chi connectivity index (χ2n) is 4.72. The molecule has 2 N–H and O–H groups in total. The van der Waals surface area contributed by atoms with Gasteiger partial charge in [-0.15, -0.1) is 0 Å². The maximum absolute atomic E-state index is 11.6. The zero-order valence-corrected chi connectivity index (χ0v) is 10.6. The third kappa shape index (κ3) is 4.04. The Morgan fingerprint density at radius 2 is 2.05 bits per heavy atom. The molecule has 0 radical (unpaired) electrons. The van der Waals surface area contributed by atoms with Gasteiger partial charge in [-0.2, -0.15) is 5.10 Å². The van der Waals surface area contributed by atoms with Gasteiger partial charge in [0, 0.05) is 18.9 Å². The van der Waals surface area contributed by atoms with Crippen molar-refractivity contribution in [2.75, 3.05) is 6.61 Å². The van der Waals surface area contributed by atoms with Crippen LogP contribution in [0.4, 0.5) is 0 Å². The van der Waals surface area contributed by atoms with E-state index >= 15 is 0 Å². The molecule has 0 spiro atoms. The Morgan fingerprint density at radius 1 is 1.32 bits per heavy atom. The minimum Gasteiger partial charge on any atom is -0.451 e. The van der Waals surface area contributed by atoms with Crippen LogP contribution in [-0.2, 0) is 19.1 Å². The van der Waals surface area contributed by atoms with E-state index in [2.05, 4.69) is 15.8 Å². The molecule has 0 unspecified atom stereocenters. The van der Waals surface area contributed by atoms with E-state index in [9.17, 15) is 14.4 Å². The van der Waals surface area contributed by atoms with Crippen LogP contribution in [0.2, 0.25) is 0 Å². The van der Waals surface area contributed by atoms with Gasteiger partial charge in [0.05, 0.1) is 0 Å². The van der Waals surface area contributed by atoms with E-state index in [0.29, 0.717) is 0 Å². The van der Waals surface area contributed by atoms with Gasteiger partial charge >= 0.3 is 5.97 Å². The topological polar surface area (TPSA) is 96.9 Å². The first kappa shape index (κ1) is 13.5. The Kier molecular flexibility index (Phi) is 4.48. The first-order valence-electron chi connectivity index (χ1n) is 6.47. The highest BCUT2D eigenvalue weighted by molar-refractivity contribution is 6.37. The average molecular weight is 267 g/mol. The molecule has 7 nitrogen and oxygen atoms in total. The van der Waals surface area contributed by atoms with Crippen LogP contribution in [0, 0.1) is 0 Å². The fourth-order valence-electron chi connectivity index (χ4n) is 2.18. The zero-order valence-electron chi connectivity index (χ0n) is 10.6. The highest BCUT2D eigenvalue weighted by Crippen LogP contribution is 2.17. The number of carbonyl (C=O) groups is 3. The van der Waals surface area contributed by atoms with Crippen LogP contribution in [0.15, 0.2) is 5.10 Å². The maximum Gasteiger partial charge on any atom is 0.355 e. The molecule has 0 saturated heterocycles. The number of hydrogen-bond acceptors (Lipinski definition) is 5. The number of nitrogens with one attached hydrogen (secondary N) is 2. The minimum absolute atomic E-state index is 0.147. The summed E-state index contributed by atoms with van der Waals surface area (Å²) in [5, 5.41) is 6.42. The first-order chi connectivity index (χ1) is 9.15. The van der Waals surface area contributed by atoms with Crippen LogP contribution >= 0.6 is 0 Å². The van der Waals surface area contributed by atoms with Gasteiger partial charge in [-0.25, -0.2) is 10.2 Å². The second-order valence-corrected chi connectivity index (χ2v) is 4.72. The van der Waals surface area contributed by atoms with Crippen molar-refractivity contribution >= 4 is 23.5 Å². The van der Waals surface area contributed by atoms with Crippen LogP contribution in [-0.4, -0.2) is 36.1 Å². The molecule has 2 aliphatic rings. The molecule has 19 heavy (non-hydrogen) atoms. The molecule has 1 heterocycles. The number of ether oxygens (including phenoxy) is 1. The van der Waals surface area contributed by atoms with Crippen LogP contribution in [0.3, 0.4) is 0 Å². The van der Waals surface area contributed by atoms with Crippen LogP contribution in [0.5, 0.6) is 0 Å². The predicted octanol–water partition coefficient (Wildman–Crippen LogP) is -0.146. The summed E-state index contributed by atoms with van der Waals surface area (Å²) >= 11 is 0. The first-order valence-corrected chi connectivity index (χ1v) is 6.47. The van der Waals surface area contributed by atoms with Gasteiger partial charge in [0.25, 0.3) is 5.91 Å². The molecule has 104 valence electrons. The fraction of sp³-hybridized carbons (Fsp3) is 0.667. The summed E-state index contributed by atoms with van der Waals surface area (Å²) in [7, 11) is 0. The van der Waals surface area contributed by atoms with E-state index in [-0.39, 0.29) is 43.0 Å². The van der Waals surface area contributed by atoms with E-state index in [0.717, 1.165) is 25.7 Å². The molecule has 0 aromatic heterocycles. The van der Waals surface area contributed by atoms with Crippen molar-refractivity contribution in [1.29, 1.82) is 0 Å². The Bertz CT molecular complexity index is 413. The maximum atomic E-state index is 11.6. The standard InChI is InChI=1S/C12H17N3O4/c16-10-6-5-9(14-15-10)12(18)19-7-11(17)13-8-3-1-2-4-8/h8H,1-7H2,(H,13,17)(H,15,16). The number of rotatable bonds is 4. The summed E-state index contributed by atoms with van der Waals surface area (Å²) in [4.78, 5) is 34.0. The second kappa shape index (κ2) is 6.31. The molecular weight excluding hydrogens is 250 g/mol. The van der Waals surface area contributed by atoms with Crippen molar-refractivity contribution in [3.05, 3.63) is 0 Å². The monoisotopic (exact) mass is 267 g/mol. The number of hydrogen-bond donors (Lipinski definition) is 2. The highest BCUT2D eigenvalue weighted by atomic mass is 16.5. The van der Waals surface area contributed by atoms with Crippen molar-refractivity contribution in [2.24, 2.45) is 5.10 Å². The lowest BCUT2D eigenvalue weighted by Gasteiger charge is -2.13. The van der Waals surface area contributed by atoms with Gasteiger partial charge in [-0.05, 0) is 12.8 Å². The smallest absolute Gasteiger partial charge is 0.355 e. The molecule has 0 bridgehead atoms. The number of nitrogens with zero attached hydrogens (tertiary/aromatic N) is 1. The van der Waals surface area contributed by atoms with Gasteiger partial charge in [-0.1, -0.05) is 12.8 Å². The Hall–Kier alpha value is -1.92. The molecule has 0 aromatic rings. The van der Waals surface area contributed by atoms with Gasteiger partial charge < -0.3 is 10.1 Å². The summed E-state index contributed by atoms with van der Waals surface area (Å²) in [6.45, 7) is -0.303. The summed E-state index contributed by atoms with van der Waals surface area (Å²) < 4.78 is 4.86. The molecule has 1 fully saturated rings. The van der Waals surface area contributed by atoms with Gasteiger partial charge in [-0.3, -0.25) is 9.59 Å². The predicted molar refractivity (Wildman–Crippen MR) is 66.2 cm³/mol. The molecule has 2 amide bonds. The third-order valence-corrected chi connectivity index (χ3v) is 3.19. The van der Waals surface area contributed by atoms with Gasteiger partial charge in [0.2, 0.25) is 5.91 Å². The van der Waals surface area contributed by atoms with Crippen molar-refractivity contribution in [3.8, 4) is 0 Å². The van der Waals surface area contributed by atoms with Gasteiger partial charge in [0.1, 0.15) is 5.71 Å². The normalized spacial score (nSPS) is 19.6. The summed E-state index contributed by atoms with van der Waals surface area (Å²) in [5.74, 6) is -1.17. The van der Waals surface area contributed by atoms with E-state index in [4.69, 9.17) is 4.74 Å². The molecule has 1 saturated carbocycles. The number of carbonyl (C=O) groups excluding carboxylic acids is 3. The molecular formula is C12H17N3O4. The Balaban J connectivity index is 1.70. The van der Waals surface area contributed by atoms with E-state index in [1.54, 1.807) is 0 Å². The lowest BCUT2D eigenvalue weighted by molar-refractivity contribution is -0.142. The number of esters is 1. The largest absolute Gasteiger partial charge is 0.451 e. The third-order valence-electron chi connectivity index (χ3n) is 3.19. The summed E-state index contributed by atoms with van der Waals surface area (Å²) in [6.07, 6.45) is 4.68. The molecule has 1 aliphatic heterocycles. The quantitative estimate of drug-likeness (QED) is 0.692. The zero-order chi connectivity index (χ0) is 13.7. The average Bonchev–Trinajstić information content (AvgIpc) is 2.89. The van der Waals surface area contributed by atoms with E-state index in [1.165, 1.54) is 0 Å². The molecule has 7 heteroatoms. The van der Waals surface area contributed by atoms with E-state index < -0.39 is 5.97 Å². The van der Waals surface area contributed by atoms with Crippen molar-refractivity contribution in [1.82, 2.24) is 10.7 Å². The number of hydrazone groups is 1. The van der Waals surface area contributed by atoms with Crippen molar-refractivity contribution < 1.29 is 19.1 Å². The molecule has 0 atom stereocenters. The SMILES string of the molecule is O=C1CCC(C(=O)OCC(=O)NC2CCCC2)=NN1. The Morgan fingerprint density at radius 3 is 2.68 bits per heavy atom. The molecule has 0 aromatic carbocycles. The van der Waals surface area contributed by atoms with Crippen LogP contribution in [0.25, 0.3) is 0 Å². The number of amides is 2. The summed E-state index contributed by atoms with van der Waals surface area (Å²) in [6, 6.07) is 0.206. The molecule has 1 aliphatic carbocycles. The van der Waals surface area contributed by atoms with Crippen molar-refractivity contribution in [2.45, 2.75) is 44.6 Å². The Labute approximate surface area is 110 Å². The highest BCUT2D eigenvalue weighted by Gasteiger charge is 2.21. The van der Waals surface area contributed by atoms with Crippen LogP contribution in [0.1, 0.15) is 38.5 Å². The van der Waals surface area contributed by atoms with Crippen molar-refractivity contribution in [3.63, 3.8) is 0 Å². The molecule has 2 rings (SSSR count).